The molecule has 0 aliphatic heterocycles. The van der Waals surface area contributed by atoms with Crippen LogP contribution in [0.5, 0.6) is 5.75 Å². The summed E-state index contributed by atoms with van der Waals surface area (Å²) in [7, 11) is 1.45. The number of nitrogens with two attached hydrogens (primary N) is 1. The summed E-state index contributed by atoms with van der Waals surface area (Å²) in [6.07, 6.45) is 0.160. The average Bonchev–Trinajstić information content (AvgIpc) is 2.68. The number of hydrogen-bond donors (Lipinski definition) is 2. The van der Waals surface area contributed by atoms with Crippen molar-refractivity contribution in [2.75, 3.05) is 7.11 Å². The van der Waals surface area contributed by atoms with Crippen LogP contribution in [0.2, 0.25) is 0 Å². The maximum absolute atomic E-state index is 11.2. The third-order valence-corrected chi connectivity index (χ3v) is 3.23. The predicted molar refractivity (Wildman–Crippen MR) is 66.2 cm³/mol. The molecule has 96 valence electrons. The van der Waals surface area contributed by atoms with Crippen LogP contribution < -0.4 is 15.4 Å². The second-order valence-corrected chi connectivity index (χ2v) is 4.71. The molecule has 2 rings (SSSR count). The Labute approximate surface area is 106 Å². The highest BCUT2D eigenvalue weighted by Gasteiger charge is 2.16. The molecule has 2 aromatic rings. The topological polar surface area (TPSA) is 103 Å². The maximum atomic E-state index is 11.2. The first-order valence-electron chi connectivity index (χ1n) is 5.10. The van der Waals surface area contributed by atoms with Gasteiger partial charge in [0.15, 0.2) is 11.3 Å². The molecule has 0 saturated heterocycles. The van der Waals surface area contributed by atoms with Gasteiger partial charge in [-0.05, 0) is 24.1 Å². The smallest absolute Gasteiger partial charge is 0.396 e. The Balaban J connectivity index is 2.46. The van der Waals surface area contributed by atoms with Gasteiger partial charge in [-0.15, -0.1) is 0 Å². The predicted octanol–water partition coefficient (Wildman–Crippen LogP) is 0.817. The van der Waals surface area contributed by atoms with Crippen LogP contribution in [0.4, 0.5) is 0 Å². The van der Waals surface area contributed by atoms with Gasteiger partial charge in [0.25, 0.3) is 0 Å². The third kappa shape index (κ3) is 2.36. The van der Waals surface area contributed by atoms with E-state index in [0.717, 1.165) is 11.3 Å². The van der Waals surface area contributed by atoms with Crippen molar-refractivity contribution in [1.29, 1.82) is 0 Å². The highest BCUT2D eigenvalue weighted by Crippen LogP contribution is 2.29. The first kappa shape index (κ1) is 12.6. The summed E-state index contributed by atoms with van der Waals surface area (Å²) in [6.45, 7) is 0. The highest BCUT2D eigenvalue weighted by molar-refractivity contribution is 7.16. The molecule has 18 heavy (non-hydrogen) atoms. The SMILES string of the molecule is COc1cc(CC(N)C(=O)O)cc2sc(=O)oc12. The molecule has 1 aromatic carbocycles. The highest BCUT2D eigenvalue weighted by atomic mass is 32.1. The van der Waals surface area contributed by atoms with E-state index in [1.807, 2.05) is 0 Å². The molecule has 7 heteroatoms. The van der Waals surface area contributed by atoms with Crippen molar-refractivity contribution in [3.8, 4) is 5.75 Å². The first-order chi connectivity index (χ1) is 8.51. The van der Waals surface area contributed by atoms with E-state index in [4.69, 9.17) is 20.0 Å². The lowest BCUT2D eigenvalue weighted by molar-refractivity contribution is -0.138. The van der Waals surface area contributed by atoms with E-state index in [2.05, 4.69) is 0 Å². The van der Waals surface area contributed by atoms with Gasteiger partial charge in [0.2, 0.25) is 0 Å². The van der Waals surface area contributed by atoms with Crippen LogP contribution in [0.3, 0.4) is 0 Å². The summed E-state index contributed by atoms with van der Waals surface area (Å²) in [4.78, 5) is 21.5. The number of carboxylic acids is 1. The summed E-state index contributed by atoms with van der Waals surface area (Å²) in [5.74, 6) is -0.673. The first-order valence-corrected chi connectivity index (χ1v) is 5.92. The monoisotopic (exact) mass is 269 g/mol. The zero-order valence-electron chi connectivity index (χ0n) is 9.50. The lowest BCUT2D eigenvalue weighted by Crippen LogP contribution is -2.32. The number of aliphatic carboxylic acids is 1. The van der Waals surface area contributed by atoms with Crippen molar-refractivity contribution in [1.82, 2.24) is 0 Å². The zero-order chi connectivity index (χ0) is 13.3. The lowest BCUT2D eigenvalue weighted by Gasteiger charge is -2.08. The molecule has 0 saturated carbocycles. The minimum atomic E-state index is -1.07. The van der Waals surface area contributed by atoms with Gasteiger partial charge >= 0.3 is 10.9 Å². The van der Waals surface area contributed by atoms with Crippen molar-refractivity contribution in [2.24, 2.45) is 5.73 Å². The fourth-order valence-electron chi connectivity index (χ4n) is 1.61. The average molecular weight is 269 g/mol. The quantitative estimate of drug-likeness (QED) is 0.851. The van der Waals surface area contributed by atoms with E-state index < -0.39 is 17.0 Å². The Hall–Kier alpha value is -1.86. The number of benzene rings is 1. The van der Waals surface area contributed by atoms with Crippen LogP contribution >= 0.6 is 11.3 Å². The maximum Gasteiger partial charge on any atom is 0.396 e. The van der Waals surface area contributed by atoms with Crippen LogP contribution in [0.1, 0.15) is 5.56 Å². The van der Waals surface area contributed by atoms with Gasteiger partial charge in [0.1, 0.15) is 6.04 Å². The van der Waals surface area contributed by atoms with Gasteiger partial charge in [0, 0.05) is 0 Å². The second-order valence-electron chi connectivity index (χ2n) is 3.73. The molecule has 1 aromatic heterocycles. The minimum Gasteiger partial charge on any atom is -0.493 e. The van der Waals surface area contributed by atoms with Gasteiger partial charge in [-0.3, -0.25) is 4.79 Å². The van der Waals surface area contributed by atoms with E-state index in [-0.39, 0.29) is 6.42 Å². The molecule has 0 aliphatic carbocycles. The van der Waals surface area contributed by atoms with Gasteiger partial charge in [-0.1, -0.05) is 11.3 Å². The summed E-state index contributed by atoms with van der Waals surface area (Å²) in [5, 5.41) is 8.77. The normalized spacial score (nSPS) is 12.6. The van der Waals surface area contributed by atoms with E-state index >= 15 is 0 Å². The summed E-state index contributed by atoms with van der Waals surface area (Å²) < 4.78 is 10.7. The summed E-state index contributed by atoms with van der Waals surface area (Å²) in [5.41, 5.74) is 6.53. The Morgan fingerprint density at radius 3 is 2.94 bits per heavy atom. The fraction of sp³-hybridized carbons (Fsp3) is 0.273. The molecule has 3 N–H and O–H groups in total. The second kappa shape index (κ2) is 4.79. The van der Waals surface area contributed by atoms with Crippen molar-refractivity contribution in [3.63, 3.8) is 0 Å². The molecule has 1 heterocycles. The Bertz CT molecular complexity index is 644. The number of hydrogen-bond acceptors (Lipinski definition) is 6. The summed E-state index contributed by atoms with van der Waals surface area (Å²) >= 11 is 0.941. The molecule has 0 spiro atoms. The van der Waals surface area contributed by atoms with Crippen LogP contribution in [0.25, 0.3) is 10.3 Å². The number of fused-ring (bicyclic) bond motifs is 1. The standard InChI is InChI=1S/C11H11NO5S/c1-16-7-3-5(2-6(12)10(13)14)4-8-9(7)17-11(15)18-8/h3-4,6H,2,12H2,1H3,(H,13,14). The molecule has 0 aliphatic rings. The number of ether oxygens (including phenoxy) is 1. The number of rotatable bonds is 4. The van der Waals surface area contributed by atoms with E-state index in [9.17, 15) is 9.59 Å². The Morgan fingerprint density at radius 2 is 2.33 bits per heavy atom. The number of carboxylic acid groups (broad SMARTS) is 1. The Kier molecular flexibility index (Phi) is 3.35. The van der Waals surface area contributed by atoms with E-state index in [0.29, 0.717) is 21.6 Å². The molecule has 0 bridgehead atoms. The zero-order valence-corrected chi connectivity index (χ0v) is 10.3. The largest absolute Gasteiger partial charge is 0.493 e. The van der Waals surface area contributed by atoms with Crippen LogP contribution in [-0.2, 0) is 11.2 Å². The molecule has 6 nitrogen and oxygen atoms in total. The van der Waals surface area contributed by atoms with Crippen LogP contribution in [-0.4, -0.2) is 24.2 Å². The number of carbonyl (C=O) groups is 1. The lowest BCUT2D eigenvalue weighted by atomic mass is 10.1. The fourth-order valence-corrected chi connectivity index (χ4v) is 2.36. The van der Waals surface area contributed by atoms with Gasteiger partial charge in [-0.2, -0.15) is 0 Å². The summed E-state index contributed by atoms with van der Waals surface area (Å²) in [6, 6.07) is 2.33. The third-order valence-electron chi connectivity index (χ3n) is 2.45. The van der Waals surface area contributed by atoms with Crippen LogP contribution in [0.15, 0.2) is 21.3 Å². The number of methoxy groups -OCH3 is 1. The Morgan fingerprint density at radius 1 is 1.61 bits per heavy atom. The van der Waals surface area contributed by atoms with E-state index in [1.165, 1.54) is 7.11 Å². The van der Waals surface area contributed by atoms with Gasteiger partial charge < -0.3 is 20.0 Å². The van der Waals surface area contributed by atoms with Crippen molar-refractivity contribution < 1.29 is 19.1 Å². The van der Waals surface area contributed by atoms with Crippen molar-refractivity contribution in [2.45, 2.75) is 12.5 Å². The van der Waals surface area contributed by atoms with Gasteiger partial charge in [-0.25, -0.2) is 4.79 Å². The van der Waals surface area contributed by atoms with Crippen LogP contribution in [0, 0.1) is 0 Å². The van der Waals surface area contributed by atoms with Crippen molar-refractivity contribution in [3.05, 3.63) is 27.4 Å². The minimum absolute atomic E-state index is 0.160. The van der Waals surface area contributed by atoms with Gasteiger partial charge in [0.05, 0.1) is 11.8 Å². The van der Waals surface area contributed by atoms with E-state index in [1.54, 1.807) is 12.1 Å². The van der Waals surface area contributed by atoms with Crippen molar-refractivity contribution >= 4 is 27.6 Å². The molecular weight excluding hydrogens is 258 g/mol. The molecule has 0 amide bonds. The molecule has 0 radical (unpaired) electrons. The molecule has 1 atom stereocenters. The molecule has 0 fully saturated rings. The molecular formula is C11H11NO5S. The molecule has 1 unspecified atom stereocenters.